The van der Waals surface area contributed by atoms with Crippen molar-refractivity contribution in [2.45, 2.75) is 233 Å². The minimum absolute atomic E-state index is 0.0299. The second kappa shape index (κ2) is 45.2. The number of nitrogens with zero attached hydrogens (tertiary/aromatic N) is 1. The predicted octanol–water partition coefficient (Wildman–Crippen LogP) is 13.3. The summed E-state index contributed by atoms with van der Waals surface area (Å²) in [6.07, 6.45) is 33.0. The summed E-state index contributed by atoms with van der Waals surface area (Å²) in [5.41, 5.74) is 0. The number of rotatable bonds is 45. The summed E-state index contributed by atoms with van der Waals surface area (Å²) in [6.45, 7) is 13.0. The molecule has 0 aliphatic rings. The van der Waals surface area contributed by atoms with Crippen LogP contribution in [0.4, 0.5) is 4.79 Å². The van der Waals surface area contributed by atoms with Crippen LogP contribution in [0.25, 0.3) is 0 Å². The van der Waals surface area contributed by atoms with E-state index >= 15 is 0 Å². The smallest absolute Gasteiger partial charge is 0.466 e. The minimum Gasteiger partial charge on any atom is -0.466 e. The number of carbonyl (C=O) groups is 4. The zero-order valence-electron chi connectivity index (χ0n) is 39.0. The number of esters is 3. The first kappa shape index (κ1) is 56.6. The van der Waals surface area contributed by atoms with Crippen LogP contribution in [0.1, 0.15) is 233 Å². The summed E-state index contributed by atoms with van der Waals surface area (Å²) in [6, 6.07) is 0. The Kier molecular flexibility index (Phi) is 43.4. The molecule has 0 aliphatic heterocycles. The minimum atomic E-state index is -0.672. The van der Waals surface area contributed by atoms with Crippen LogP contribution in [0, 0.1) is 5.92 Å². The van der Waals surface area contributed by atoms with E-state index in [4.69, 9.17) is 23.7 Å². The van der Waals surface area contributed by atoms with Crippen molar-refractivity contribution >= 4 is 24.1 Å². The van der Waals surface area contributed by atoms with Crippen LogP contribution in [0.3, 0.4) is 0 Å². The average molecular weight is 840 g/mol. The van der Waals surface area contributed by atoms with E-state index in [1.54, 1.807) is 0 Å². The Morgan fingerprint density at radius 2 is 0.729 bits per heavy atom. The van der Waals surface area contributed by atoms with Crippen LogP contribution >= 0.6 is 0 Å². The Morgan fingerprint density at radius 1 is 0.373 bits per heavy atom. The van der Waals surface area contributed by atoms with Crippen LogP contribution < -0.4 is 0 Å². The van der Waals surface area contributed by atoms with E-state index in [2.05, 4.69) is 32.6 Å². The van der Waals surface area contributed by atoms with Crippen LogP contribution in [0.15, 0.2) is 0 Å². The van der Waals surface area contributed by atoms with Gasteiger partial charge in [-0.25, -0.2) is 4.79 Å². The first-order valence-corrected chi connectivity index (χ1v) is 24.8. The average Bonchev–Trinajstić information content (AvgIpc) is 3.23. The van der Waals surface area contributed by atoms with Crippen LogP contribution in [0.2, 0.25) is 0 Å². The molecule has 0 atom stereocenters. The molecule has 0 heterocycles. The second-order valence-electron chi connectivity index (χ2n) is 16.7. The summed E-state index contributed by atoms with van der Waals surface area (Å²) in [5.74, 6) is -0.637. The number of hydrogen-bond donors (Lipinski definition) is 0. The summed E-state index contributed by atoms with van der Waals surface area (Å²) in [7, 11) is 0. The molecule has 0 rings (SSSR count). The van der Waals surface area contributed by atoms with Crippen molar-refractivity contribution in [2.75, 3.05) is 52.7 Å². The lowest BCUT2D eigenvalue weighted by atomic mass is 10.0. The third kappa shape index (κ3) is 42.1. The zero-order valence-corrected chi connectivity index (χ0v) is 39.0. The standard InChI is InChI=1S/C49H93NO9/c1-5-9-12-15-16-17-18-19-20-21-26-31-38-50(8-4)39-32-40-56-49(54)57-42-33-41-55-46(51)35-30-25-24-27-34-45(43-58-47(52)36-28-22-13-10-6-2)44-59-48(53)37-29-23-14-11-7-3/h45H,5-44H2,1-4H3. The molecule has 0 aliphatic carbocycles. The van der Waals surface area contributed by atoms with E-state index < -0.39 is 6.16 Å². The largest absolute Gasteiger partial charge is 0.508 e. The number of unbranched alkanes of at least 4 members (excludes halogenated alkanes) is 22. The lowest BCUT2D eigenvalue weighted by Gasteiger charge is -2.20. The Morgan fingerprint density at radius 3 is 1.19 bits per heavy atom. The van der Waals surface area contributed by atoms with Gasteiger partial charge in [0.2, 0.25) is 0 Å². The molecule has 59 heavy (non-hydrogen) atoms. The molecule has 0 amide bonds. The van der Waals surface area contributed by atoms with E-state index in [9.17, 15) is 19.2 Å². The summed E-state index contributed by atoms with van der Waals surface area (Å²) >= 11 is 0. The van der Waals surface area contributed by atoms with Crippen molar-refractivity contribution in [1.82, 2.24) is 4.90 Å². The highest BCUT2D eigenvalue weighted by molar-refractivity contribution is 5.70. The van der Waals surface area contributed by atoms with Gasteiger partial charge in [0.05, 0.1) is 33.0 Å². The Labute approximate surface area is 362 Å². The molecule has 0 unspecified atom stereocenters. The quantitative estimate of drug-likeness (QED) is 0.0333. The third-order valence-electron chi connectivity index (χ3n) is 11.1. The lowest BCUT2D eigenvalue weighted by Crippen LogP contribution is -2.27. The fourth-order valence-corrected chi connectivity index (χ4v) is 7.14. The van der Waals surface area contributed by atoms with E-state index in [1.165, 1.54) is 103 Å². The van der Waals surface area contributed by atoms with E-state index in [0.29, 0.717) is 32.3 Å². The maximum Gasteiger partial charge on any atom is 0.508 e. The molecule has 0 aromatic rings. The number of ether oxygens (including phenoxy) is 5. The maximum atomic E-state index is 12.3. The molecule has 10 heteroatoms. The van der Waals surface area contributed by atoms with Gasteiger partial charge >= 0.3 is 24.1 Å². The monoisotopic (exact) mass is 840 g/mol. The first-order valence-electron chi connectivity index (χ1n) is 24.8. The molecule has 0 bridgehead atoms. The fourth-order valence-electron chi connectivity index (χ4n) is 7.14. The van der Waals surface area contributed by atoms with Gasteiger partial charge in [-0.1, -0.05) is 169 Å². The molecule has 348 valence electrons. The lowest BCUT2D eigenvalue weighted by molar-refractivity contribution is -0.149. The molecule has 0 aromatic carbocycles. The highest BCUT2D eigenvalue weighted by atomic mass is 16.7. The Balaban J connectivity index is 4.00. The SMILES string of the molecule is CCCCCCCCCCCCCCN(CC)CCCOC(=O)OCCCOC(=O)CCCCCCC(COC(=O)CCCCCCC)COC(=O)CCCCCCC. The molecule has 0 N–H and O–H groups in total. The Bertz CT molecular complexity index is 932. The van der Waals surface area contributed by atoms with Gasteiger partial charge in [0.1, 0.15) is 0 Å². The van der Waals surface area contributed by atoms with Gasteiger partial charge in [-0.3, -0.25) is 14.4 Å². The van der Waals surface area contributed by atoms with Gasteiger partial charge in [0.25, 0.3) is 0 Å². The molecule has 0 fully saturated rings. The molecule has 0 saturated carbocycles. The molecule has 0 spiro atoms. The molecular weight excluding hydrogens is 747 g/mol. The summed E-state index contributed by atoms with van der Waals surface area (Å²) in [4.78, 5) is 51.2. The summed E-state index contributed by atoms with van der Waals surface area (Å²) in [5, 5.41) is 0. The van der Waals surface area contributed by atoms with Crippen molar-refractivity contribution < 1.29 is 42.9 Å². The molecule has 0 saturated heterocycles. The normalized spacial score (nSPS) is 11.3. The van der Waals surface area contributed by atoms with Gasteiger partial charge in [-0.2, -0.15) is 0 Å². The van der Waals surface area contributed by atoms with Crippen LogP contribution in [-0.4, -0.2) is 81.6 Å². The Hall–Kier alpha value is -2.36. The van der Waals surface area contributed by atoms with Crippen LogP contribution in [-0.2, 0) is 38.1 Å². The van der Waals surface area contributed by atoms with Gasteiger partial charge < -0.3 is 28.6 Å². The van der Waals surface area contributed by atoms with E-state index in [-0.39, 0.29) is 50.3 Å². The topological polar surface area (TPSA) is 118 Å². The van der Waals surface area contributed by atoms with Crippen molar-refractivity contribution in [3.05, 3.63) is 0 Å². The fraction of sp³-hybridized carbons (Fsp3) is 0.918. The molecular formula is C49H93NO9. The number of hydrogen-bond acceptors (Lipinski definition) is 10. The first-order chi connectivity index (χ1) is 28.9. The van der Waals surface area contributed by atoms with Crippen LogP contribution in [0.5, 0.6) is 0 Å². The van der Waals surface area contributed by atoms with Crippen molar-refractivity contribution in [1.29, 1.82) is 0 Å². The highest BCUT2D eigenvalue weighted by Gasteiger charge is 2.16. The van der Waals surface area contributed by atoms with Crippen molar-refractivity contribution in [3.63, 3.8) is 0 Å². The molecule has 0 aromatic heterocycles. The molecule has 0 radical (unpaired) electrons. The predicted molar refractivity (Wildman–Crippen MR) is 241 cm³/mol. The van der Waals surface area contributed by atoms with Gasteiger partial charge in [0.15, 0.2) is 0 Å². The van der Waals surface area contributed by atoms with Gasteiger partial charge in [0, 0.05) is 38.1 Å². The van der Waals surface area contributed by atoms with E-state index in [0.717, 1.165) is 96.7 Å². The maximum absolute atomic E-state index is 12.3. The summed E-state index contributed by atoms with van der Waals surface area (Å²) < 4.78 is 26.9. The molecule has 10 nitrogen and oxygen atoms in total. The highest BCUT2D eigenvalue weighted by Crippen LogP contribution is 2.16. The van der Waals surface area contributed by atoms with E-state index in [1.807, 2.05) is 0 Å². The zero-order chi connectivity index (χ0) is 43.3. The number of carbonyl (C=O) groups excluding carboxylic acids is 4. The third-order valence-corrected chi connectivity index (χ3v) is 11.1. The van der Waals surface area contributed by atoms with Crippen molar-refractivity contribution in [3.8, 4) is 0 Å². The van der Waals surface area contributed by atoms with Gasteiger partial charge in [-0.05, 0) is 51.6 Å². The van der Waals surface area contributed by atoms with Crippen molar-refractivity contribution in [2.24, 2.45) is 5.92 Å². The second-order valence-corrected chi connectivity index (χ2v) is 16.7. The van der Waals surface area contributed by atoms with Gasteiger partial charge in [-0.15, -0.1) is 0 Å².